The van der Waals surface area contributed by atoms with Gasteiger partial charge in [-0.3, -0.25) is 14.1 Å². The molecule has 0 radical (unpaired) electrons. The first-order chi connectivity index (χ1) is 8.59. The fraction of sp³-hybridized carbons (Fsp3) is 0.100. The lowest BCUT2D eigenvalue weighted by Gasteiger charge is -2.06. The van der Waals surface area contributed by atoms with Crippen LogP contribution in [-0.2, 0) is 20.2 Å². The number of aryl methyl sites for hydroxylation is 1. The van der Waals surface area contributed by atoms with Gasteiger partial charge in [-0.1, -0.05) is 0 Å². The molecule has 0 spiro atoms. The maximum absolute atomic E-state index is 11.3. The van der Waals surface area contributed by atoms with Gasteiger partial charge in [0.1, 0.15) is 4.90 Å². The Morgan fingerprint density at radius 3 is 2.16 bits per heavy atom. The van der Waals surface area contributed by atoms with Crippen LogP contribution in [0.15, 0.2) is 34.1 Å². The van der Waals surface area contributed by atoms with E-state index in [4.69, 9.17) is 9.11 Å². The summed E-state index contributed by atoms with van der Waals surface area (Å²) in [6.07, 6.45) is 0. The molecule has 19 heavy (non-hydrogen) atoms. The van der Waals surface area contributed by atoms with Crippen molar-refractivity contribution in [2.45, 2.75) is 16.7 Å². The minimum atomic E-state index is -4.64. The number of benzene rings is 1. The van der Waals surface area contributed by atoms with Crippen LogP contribution in [0.4, 0.5) is 0 Å². The third kappa shape index (κ3) is 2.73. The number of fused-ring (bicyclic) bond motifs is 1. The third-order valence-electron chi connectivity index (χ3n) is 2.46. The van der Waals surface area contributed by atoms with Crippen molar-refractivity contribution in [2.75, 3.05) is 0 Å². The Balaban J connectivity index is 3.01. The van der Waals surface area contributed by atoms with Crippen molar-refractivity contribution in [3.05, 3.63) is 30.0 Å². The SMILES string of the molecule is Cc1ccc2c(S(=O)(=O)O)cc(S(=O)(=O)O)cc2n1. The second-order valence-electron chi connectivity index (χ2n) is 3.89. The highest BCUT2D eigenvalue weighted by Crippen LogP contribution is 2.26. The van der Waals surface area contributed by atoms with Crippen molar-refractivity contribution in [2.24, 2.45) is 0 Å². The summed E-state index contributed by atoms with van der Waals surface area (Å²) in [6.45, 7) is 1.63. The molecule has 0 aliphatic carbocycles. The van der Waals surface area contributed by atoms with Crippen molar-refractivity contribution in [3.63, 3.8) is 0 Å². The van der Waals surface area contributed by atoms with Crippen LogP contribution < -0.4 is 0 Å². The highest BCUT2D eigenvalue weighted by Gasteiger charge is 2.20. The summed E-state index contributed by atoms with van der Waals surface area (Å²) in [5.41, 5.74) is 0.573. The number of rotatable bonds is 2. The van der Waals surface area contributed by atoms with E-state index in [9.17, 15) is 16.8 Å². The predicted octanol–water partition coefficient (Wildman–Crippen LogP) is 1.04. The fourth-order valence-corrected chi connectivity index (χ4v) is 2.97. The smallest absolute Gasteiger partial charge is 0.282 e. The first kappa shape index (κ1) is 13.9. The normalized spacial score (nSPS) is 12.8. The molecule has 102 valence electrons. The predicted molar refractivity (Wildman–Crippen MR) is 66.1 cm³/mol. The Labute approximate surface area is 109 Å². The minimum absolute atomic E-state index is 0.0442. The first-order valence-electron chi connectivity index (χ1n) is 4.95. The zero-order chi connectivity index (χ0) is 14.4. The third-order valence-corrected chi connectivity index (χ3v) is 4.18. The van der Waals surface area contributed by atoms with Gasteiger partial charge in [0.2, 0.25) is 0 Å². The topological polar surface area (TPSA) is 122 Å². The van der Waals surface area contributed by atoms with Gasteiger partial charge < -0.3 is 0 Å². The standard InChI is InChI=1S/C10H9NO6S2/c1-6-2-3-8-9(11-6)4-7(18(12,13)14)5-10(8)19(15,16)17/h2-5H,1H3,(H,12,13,14)(H,15,16,17). The number of nitrogens with zero attached hydrogens (tertiary/aromatic N) is 1. The minimum Gasteiger partial charge on any atom is -0.282 e. The summed E-state index contributed by atoms with van der Waals surface area (Å²) in [6, 6.07) is 4.63. The highest BCUT2D eigenvalue weighted by atomic mass is 32.2. The molecule has 0 unspecified atom stereocenters. The molecule has 0 saturated carbocycles. The molecular formula is C10H9NO6S2. The second-order valence-corrected chi connectivity index (χ2v) is 6.70. The molecule has 1 aromatic carbocycles. The van der Waals surface area contributed by atoms with Crippen molar-refractivity contribution in [3.8, 4) is 0 Å². The van der Waals surface area contributed by atoms with Gasteiger partial charge in [0, 0.05) is 11.1 Å². The van der Waals surface area contributed by atoms with Gasteiger partial charge in [0.15, 0.2) is 0 Å². The monoisotopic (exact) mass is 303 g/mol. The number of aromatic nitrogens is 1. The Morgan fingerprint density at radius 2 is 1.63 bits per heavy atom. The molecule has 9 heteroatoms. The molecule has 0 aliphatic heterocycles. The van der Waals surface area contributed by atoms with E-state index in [0.717, 1.165) is 6.07 Å². The van der Waals surface area contributed by atoms with Crippen molar-refractivity contribution < 1.29 is 25.9 Å². The van der Waals surface area contributed by atoms with Crippen LogP contribution in [0.2, 0.25) is 0 Å². The summed E-state index contributed by atoms with van der Waals surface area (Å²) in [4.78, 5) is 2.71. The largest absolute Gasteiger partial charge is 0.295 e. The molecule has 0 atom stereocenters. The molecule has 0 fully saturated rings. The van der Waals surface area contributed by atoms with Crippen LogP contribution in [0.3, 0.4) is 0 Å². The molecule has 1 heterocycles. The lowest BCUT2D eigenvalue weighted by molar-refractivity contribution is 0.482. The van der Waals surface area contributed by atoms with E-state index < -0.39 is 30.0 Å². The molecule has 7 nitrogen and oxygen atoms in total. The summed E-state index contributed by atoms with van der Waals surface area (Å²) >= 11 is 0. The number of hydrogen-bond donors (Lipinski definition) is 2. The quantitative estimate of drug-likeness (QED) is 0.795. The van der Waals surface area contributed by atoms with Crippen LogP contribution in [0.5, 0.6) is 0 Å². The summed E-state index contributed by atoms with van der Waals surface area (Å²) in [5, 5.41) is 0.0699. The lowest BCUT2D eigenvalue weighted by Crippen LogP contribution is -2.05. The first-order valence-corrected chi connectivity index (χ1v) is 7.83. The van der Waals surface area contributed by atoms with E-state index in [1.165, 1.54) is 12.1 Å². The van der Waals surface area contributed by atoms with E-state index >= 15 is 0 Å². The van der Waals surface area contributed by atoms with Crippen molar-refractivity contribution in [1.82, 2.24) is 4.98 Å². The zero-order valence-electron chi connectivity index (χ0n) is 9.60. The Kier molecular flexibility index (Phi) is 3.09. The van der Waals surface area contributed by atoms with Gasteiger partial charge in [0.25, 0.3) is 20.2 Å². The maximum Gasteiger partial charge on any atom is 0.295 e. The average molecular weight is 303 g/mol. The van der Waals surface area contributed by atoms with Crippen LogP contribution in [-0.4, -0.2) is 30.9 Å². The summed E-state index contributed by atoms with van der Waals surface area (Å²) in [5.74, 6) is 0. The average Bonchev–Trinajstić information content (AvgIpc) is 2.24. The zero-order valence-corrected chi connectivity index (χ0v) is 11.2. The van der Waals surface area contributed by atoms with E-state index in [1.54, 1.807) is 6.92 Å². The fourth-order valence-electron chi connectivity index (χ4n) is 1.64. The van der Waals surface area contributed by atoms with Gasteiger partial charge in [0.05, 0.1) is 10.4 Å². The van der Waals surface area contributed by atoms with Crippen LogP contribution >= 0.6 is 0 Å². The van der Waals surface area contributed by atoms with Gasteiger partial charge in [-0.05, 0) is 31.2 Å². The highest BCUT2D eigenvalue weighted by molar-refractivity contribution is 7.86. The summed E-state index contributed by atoms with van der Waals surface area (Å²) < 4.78 is 62.8. The van der Waals surface area contributed by atoms with Gasteiger partial charge in [-0.2, -0.15) is 16.8 Å². The van der Waals surface area contributed by atoms with Crippen LogP contribution in [0.1, 0.15) is 5.69 Å². The van der Waals surface area contributed by atoms with Crippen LogP contribution in [0, 0.1) is 6.92 Å². The molecule has 0 aliphatic rings. The molecule has 2 aromatic rings. The molecule has 0 amide bonds. The van der Waals surface area contributed by atoms with Crippen molar-refractivity contribution >= 4 is 31.1 Å². The van der Waals surface area contributed by atoms with Gasteiger partial charge in [-0.25, -0.2) is 0 Å². The second kappa shape index (κ2) is 4.23. The number of pyridine rings is 1. The molecule has 0 bridgehead atoms. The molecule has 2 rings (SSSR count). The number of hydrogen-bond acceptors (Lipinski definition) is 5. The molecule has 1 aromatic heterocycles. The Morgan fingerprint density at radius 1 is 1.00 bits per heavy atom. The Hall–Kier alpha value is -1.55. The maximum atomic E-state index is 11.3. The Bertz CT molecular complexity index is 870. The van der Waals surface area contributed by atoms with Crippen molar-refractivity contribution in [1.29, 1.82) is 0 Å². The van der Waals surface area contributed by atoms with E-state index in [1.807, 2.05) is 0 Å². The lowest BCUT2D eigenvalue weighted by atomic mass is 10.2. The van der Waals surface area contributed by atoms with Gasteiger partial charge >= 0.3 is 0 Å². The van der Waals surface area contributed by atoms with E-state index in [0.29, 0.717) is 11.8 Å². The van der Waals surface area contributed by atoms with E-state index in [-0.39, 0.29) is 10.9 Å². The van der Waals surface area contributed by atoms with E-state index in [2.05, 4.69) is 4.98 Å². The molecule has 0 saturated heterocycles. The summed E-state index contributed by atoms with van der Waals surface area (Å²) in [7, 11) is -9.25. The van der Waals surface area contributed by atoms with Gasteiger partial charge in [-0.15, -0.1) is 0 Å². The molecule has 2 N–H and O–H groups in total. The van der Waals surface area contributed by atoms with Crippen LogP contribution in [0.25, 0.3) is 10.9 Å². The molecular weight excluding hydrogens is 294 g/mol.